The quantitative estimate of drug-likeness (QED) is 0.608. The summed E-state index contributed by atoms with van der Waals surface area (Å²) < 4.78 is 34.7. The van der Waals surface area contributed by atoms with Crippen LogP contribution in [0.4, 0.5) is 4.48 Å². The summed E-state index contributed by atoms with van der Waals surface area (Å²) in [6.07, 6.45) is 1.82. The van der Waals surface area contributed by atoms with Crippen LogP contribution >= 0.6 is 0 Å². The molecule has 0 heterocycles. The summed E-state index contributed by atoms with van der Waals surface area (Å²) in [5, 5.41) is 0. The van der Waals surface area contributed by atoms with Crippen LogP contribution in [0, 0.1) is 0 Å². The minimum atomic E-state index is -3.62. The maximum Gasteiger partial charge on any atom is 0.240 e. The third kappa shape index (κ3) is 4.01. The van der Waals surface area contributed by atoms with Gasteiger partial charge in [0.2, 0.25) is 10.0 Å². The van der Waals surface area contributed by atoms with Gasteiger partial charge in [-0.25, -0.2) is 8.42 Å². The van der Waals surface area contributed by atoms with Crippen LogP contribution in [-0.2, 0) is 10.0 Å². The summed E-state index contributed by atoms with van der Waals surface area (Å²) in [7, 11) is -3.62. The lowest BCUT2D eigenvalue weighted by Gasteiger charge is -2.10. The number of sulfonamides is 1. The van der Waals surface area contributed by atoms with Crippen LogP contribution in [0.1, 0.15) is 33.1 Å². The number of rotatable bonds is 6. The summed E-state index contributed by atoms with van der Waals surface area (Å²) in [4.78, 5) is 0. The van der Waals surface area contributed by atoms with Crippen LogP contribution in [0.3, 0.4) is 0 Å². The molecule has 5 heteroatoms. The molecule has 0 bridgehead atoms. The zero-order chi connectivity index (χ0) is 9.61. The van der Waals surface area contributed by atoms with E-state index in [-0.39, 0.29) is 16.8 Å². The molecule has 0 aromatic rings. The van der Waals surface area contributed by atoms with E-state index in [4.69, 9.17) is 0 Å². The number of hydrogen-bond donors (Lipinski definition) is 0. The highest BCUT2D eigenvalue weighted by Crippen LogP contribution is 2.05. The average Bonchev–Trinajstić information content (AvgIpc) is 2.00. The highest BCUT2D eigenvalue weighted by atomic mass is 32.2. The summed E-state index contributed by atoms with van der Waals surface area (Å²) in [5.74, 6) is -0.104. The number of halogens is 1. The summed E-state index contributed by atoms with van der Waals surface area (Å²) in [5.41, 5.74) is 0. The van der Waals surface area contributed by atoms with Gasteiger partial charge in [0.15, 0.2) is 0 Å². The molecule has 0 radical (unpaired) electrons. The Morgan fingerprint density at radius 3 is 2.25 bits per heavy atom. The van der Waals surface area contributed by atoms with Crippen molar-refractivity contribution < 1.29 is 12.9 Å². The zero-order valence-corrected chi connectivity index (χ0v) is 8.40. The minimum absolute atomic E-state index is 0.0150. The summed E-state index contributed by atoms with van der Waals surface area (Å²) in [6, 6.07) is 0. The van der Waals surface area contributed by atoms with Crippen LogP contribution in [0.5, 0.6) is 0 Å². The molecule has 0 N–H and O–H groups in total. The van der Waals surface area contributed by atoms with Gasteiger partial charge in [-0.2, -0.15) is 0 Å². The molecule has 0 aliphatic heterocycles. The SMILES string of the molecule is CCCCN(F)S(=O)(=O)CCC. The van der Waals surface area contributed by atoms with Crippen molar-refractivity contribution >= 4 is 10.0 Å². The lowest BCUT2D eigenvalue weighted by Crippen LogP contribution is -2.26. The van der Waals surface area contributed by atoms with Crippen molar-refractivity contribution in [1.82, 2.24) is 4.53 Å². The molecule has 3 nitrogen and oxygen atoms in total. The van der Waals surface area contributed by atoms with Gasteiger partial charge in [-0.3, -0.25) is 0 Å². The Bertz CT molecular complexity index is 203. The molecular formula is C7H16FNO2S. The third-order valence-corrected chi connectivity index (χ3v) is 3.16. The highest BCUT2D eigenvalue weighted by molar-refractivity contribution is 7.88. The minimum Gasteiger partial charge on any atom is -0.210 e. The Hall–Kier alpha value is -0.160. The first kappa shape index (κ1) is 11.8. The molecule has 0 amide bonds. The highest BCUT2D eigenvalue weighted by Gasteiger charge is 2.19. The van der Waals surface area contributed by atoms with Gasteiger partial charge >= 0.3 is 0 Å². The lowest BCUT2D eigenvalue weighted by atomic mass is 10.3. The Labute approximate surface area is 73.6 Å². The fraction of sp³-hybridized carbons (Fsp3) is 1.00. The van der Waals surface area contributed by atoms with Crippen LogP contribution in [0.15, 0.2) is 0 Å². The smallest absolute Gasteiger partial charge is 0.210 e. The van der Waals surface area contributed by atoms with E-state index in [0.717, 1.165) is 6.42 Å². The van der Waals surface area contributed by atoms with Crippen LogP contribution < -0.4 is 0 Å². The fourth-order valence-electron chi connectivity index (χ4n) is 0.779. The Balaban J connectivity index is 3.98. The molecule has 0 rings (SSSR count). The molecule has 0 saturated carbocycles. The van der Waals surface area contributed by atoms with Crippen LogP contribution in [0.25, 0.3) is 0 Å². The van der Waals surface area contributed by atoms with Gasteiger partial charge in [-0.05, 0) is 17.4 Å². The van der Waals surface area contributed by atoms with E-state index >= 15 is 0 Å². The van der Waals surface area contributed by atoms with E-state index in [1.807, 2.05) is 6.92 Å². The first-order valence-electron chi connectivity index (χ1n) is 4.20. The monoisotopic (exact) mass is 197 g/mol. The Kier molecular flexibility index (Phi) is 5.41. The van der Waals surface area contributed by atoms with Crippen molar-refractivity contribution in [3.05, 3.63) is 0 Å². The van der Waals surface area contributed by atoms with Gasteiger partial charge in [-0.1, -0.05) is 20.3 Å². The van der Waals surface area contributed by atoms with Gasteiger partial charge in [0.1, 0.15) is 0 Å². The first-order chi connectivity index (χ1) is 5.54. The second-order valence-electron chi connectivity index (χ2n) is 2.68. The molecule has 0 fully saturated rings. The van der Waals surface area contributed by atoms with Gasteiger partial charge in [0.25, 0.3) is 0 Å². The van der Waals surface area contributed by atoms with E-state index in [1.54, 1.807) is 6.92 Å². The molecule has 0 unspecified atom stereocenters. The lowest BCUT2D eigenvalue weighted by molar-refractivity contribution is 0.137. The molecule has 0 saturated heterocycles. The third-order valence-electron chi connectivity index (χ3n) is 1.45. The number of unbranched alkanes of at least 4 members (excludes halogenated alkanes) is 1. The second-order valence-corrected chi connectivity index (χ2v) is 4.65. The molecule has 0 aliphatic rings. The van der Waals surface area contributed by atoms with E-state index in [9.17, 15) is 12.9 Å². The molecule has 0 spiro atoms. The van der Waals surface area contributed by atoms with Crippen molar-refractivity contribution in [2.24, 2.45) is 0 Å². The van der Waals surface area contributed by atoms with Crippen molar-refractivity contribution in [3.8, 4) is 0 Å². The molecule has 12 heavy (non-hydrogen) atoms. The normalized spacial score (nSPS) is 12.3. The molecular weight excluding hydrogens is 181 g/mol. The molecule has 0 aromatic carbocycles. The topological polar surface area (TPSA) is 37.4 Å². The predicted molar refractivity (Wildman–Crippen MR) is 46.8 cm³/mol. The summed E-state index contributed by atoms with van der Waals surface area (Å²) in [6.45, 7) is 3.59. The van der Waals surface area contributed by atoms with Crippen molar-refractivity contribution in [3.63, 3.8) is 0 Å². The van der Waals surface area contributed by atoms with E-state index in [2.05, 4.69) is 0 Å². The van der Waals surface area contributed by atoms with Crippen LogP contribution in [0.2, 0.25) is 0 Å². The van der Waals surface area contributed by atoms with Crippen molar-refractivity contribution in [2.75, 3.05) is 12.3 Å². The predicted octanol–water partition coefficient (Wildman–Crippen LogP) is 1.71. The van der Waals surface area contributed by atoms with E-state index in [1.165, 1.54) is 0 Å². The molecule has 74 valence electrons. The largest absolute Gasteiger partial charge is 0.240 e. The van der Waals surface area contributed by atoms with Gasteiger partial charge in [-0.15, -0.1) is 4.48 Å². The first-order valence-corrected chi connectivity index (χ1v) is 5.81. The van der Waals surface area contributed by atoms with Crippen molar-refractivity contribution in [1.29, 1.82) is 0 Å². The maximum absolute atomic E-state index is 12.8. The standard InChI is InChI=1S/C7H16FNO2S/c1-3-5-6-9(8)12(10,11)7-4-2/h3-7H2,1-2H3. The van der Waals surface area contributed by atoms with Crippen LogP contribution in [-0.4, -0.2) is 25.2 Å². The summed E-state index contributed by atoms with van der Waals surface area (Å²) >= 11 is 0. The van der Waals surface area contributed by atoms with Crippen molar-refractivity contribution in [2.45, 2.75) is 33.1 Å². The van der Waals surface area contributed by atoms with E-state index < -0.39 is 10.0 Å². The Morgan fingerprint density at radius 1 is 1.25 bits per heavy atom. The second kappa shape index (κ2) is 5.48. The van der Waals surface area contributed by atoms with Gasteiger partial charge in [0.05, 0.1) is 5.75 Å². The Morgan fingerprint density at radius 2 is 1.83 bits per heavy atom. The number of nitrogens with zero attached hydrogens (tertiary/aromatic N) is 1. The number of hydrogen-bond acceptors (Lipinski definition) is 2. The maximum atomic E-state index is 12.8. The zero-order valence-electron chi connectivity index (χ0n) is 7.59. The molecule has 0 aliphatic carbocycles. The molecule has 0 atom stereocenters. The fourth-order valence-corrected chi connectivity index (χ4v) is 1.90. The van der Waals surface area contributed by atoms with E-state index in [0.29, 0.717) is 12.8 Å². The molecule has 0 aromatic heterocycles. The average molecular weight is 197 g/mol. The van der Waals surface area contributed by atoms with Gasteiger partial charge < -0.3 is 0 Å². The van der Waals surface area contributed by atoms with Gasteiger partial charge in [0, 0.05) is 6.54 Å².